The Bertz CT molecular complexity index is 595. The fourth-order valence-corrected chi connectivity index (χ4v) is 4.50. The largest absolute Gasteiger partial charge is 0.398 e. The highest BCUT2D eigenvalue weighted by Crippen LogP contribution is 2.23. The van der Waals surface area contributed by atoms with Gasteiger partial charge in [-0.1, -0.05) is 0 Å². The molecule has 0 bridgehead atoms. The molecule has 1 aromatic rings. The number of carbonyl (C=O) groups excluding carboxylic acids is 1. The quantitative estimate of drug-likeness (QED) is 0.685. The van der Waals surface area contributed by atoms with Gasteiger partial charge < -0.3 is 11.5 Å². The van der Waals surface area contributed by atoms with E-state index in [4.69, 9.17) is 11.5 Å². The minimum Gasteiger partial charge on any atom is -0.398 e. The van der Waals surface area contributed by atoms with Gasteiger partial charge in [0.05, 0.1) is 5.69 Å². The molecule has 6 nitrogen and oxygen atoms in total. The minimum atomic E-state index is -3.66. The summed E-state index contributed by atoms with van der Waals surface area (Å²) in [6.07, 6.45) is 0.809. The molecular formula is C11H15N3O3S2. The fourth-order valence-electron chi connectivity index (χ4n) is 1.86. The number of benzene rings is 1. The maximum Gasteiger partial charge on any atom is 0.248 e. The molecule has 1 amide bonds. The first-order valence-electron chi connectivity index (χ1n) is 5.69. The number of primary amides is 1. The van der Waals surface area contributed by atoms with Crippen molar-refractivity contribution in [3.05, 3.63) is 23.8 Å². The van der Waals surface area contributed by atoms with Crippen LogP contribution in [-0.2, 0) is 10.0 Å². The Hall–Kier alpha value is -1.25. The second-order valence-electron chi connectivity index (χ2n) is 4.30. The van der Waals surface area contributed by atoms with Crippen LogP contribution in [0, 0.1) is 0 Å². The van der Waals surface area contributed by atoms with Crippen molar-refractivity contribution in [3.63, 3.8) is 0 Å². The highest BCUT2D eigenvalue weighted by Gasteiger charge is 2.25. The molecule has 1 unspecified atom stereocenters. The zero-order valence-corrected chi connectivity index (χ0v) is 11.8. The Morgan fingerprint density at radius 1 is 1.42 bits per heavy atom. The Morgan fingerprint density at radius 3 is 2.68 bits per heavy atom. The maximum atomic E-state index is 12.2. The van der Waals surface area contributed by atoms with Crippen LogP contribution in [0.15, 0.2) is 23.1 Å². The molecule has 5 N–H and O–H groups in total. The van der Waals surface area contributed by atoms with Gasteiger partial charge in [0.15, 0.2) is 0 Å². The molecule has 2 rings (SSSR count). The monoisotopic (exact) mass is 301 g/mol. The van der Waals surface area contributed by atoms with Crippen molar-refractivity contribution >= 4 is 33.4 Å². The van der Waals surface area contributed by atoms with Crippen LogP contribution in [0.1, 0.15) is 16.8 Å². The molecule has 8 heteroatoms. The number of carbonyl (C=O) groups is 1. The molecule has 1 saturated heterocycles. The van der Waals surface area contributed by atoms with Crippen LogP contribution >= 0.6 is 11.8 Å². The molecule has 1 atom stereocenters. The Kier molecular flexibility index (Phi) is 4.02. The van der Waals surface area contributed by atoms with E-state index < -0.39 is 15.9 Å². The van der Waals surface area contributed by atoms with Crippen LogP contribution in [0.4, 0.5) is 5.69 Å². The molecule has 0 aromatic heterocycles. The van der Waals surface area contributed by atoms with Gasteiger partial charge in [0.2, 0.25) is 15.9 Å². The number of thioether (sulfide) groups is 1. The van der Waals surface area contributed by atoms with Gasteiger partial charge in [0, 0.05) is 17.4 Å². The van der Waals surface area contributed by atoms with Crippen LogP contribution in [0.25, 0.3) is 0 Å². The standard InChI is InChI=1S/C11H15N3O3S2/c12-9-5-7(11(13)15)1-2-10(9)19(16,17)14-8-3-4-18-6-8/h1-2,5,8,14H,3-4,6,12H2,(H2,13,15). The SMILES string of the molecule is NC(=O)c1ccc(S(=O)(=O)NC2CCSC2)c(N)c1. The molecule has 0 spiro atoms. The maximum absolute atomic E-state index is 12.2. The van der Waals surface area contributed by atoms with E-state index in [0.29, 0.717) is 0 Å². The van der Waals surface area contributed by atoms with Gasteiger partial charge in [0.1, 0.15) is 4.90 Å². The number of hydrogen-bond acceptors (Lipinski definition) is 5. The Morgan fingerprint density at radius 2 is 2.16 bits per heavy atom. The number of nitrogens with one attached hydrogen (secondary N) is 1. The van der Waals surface area contributed by atoms with E-state index in [0.717, 1.165) is 17.9 Å². The lowest BCUT2D eigenvalue weighted by atomic mass is 10.2. The van der Waals surface area contributed by atoms with E-state index >= 15 is 0 Å². The van der Waals surface area contributed by atoms with Crippen LogP contribution in [0.5, 0.6) is 0 Å². The zero-order chi connectivity index (χ0) is 14.0. The molecule has 0 radical (unpaired) electrons. The van der Waals surface area contributed by atoms with Crippen LogP contribution < -0.4 is 16.2 Å². The van der Waals surface area contributed by atoms with E-state index in [1.54, 1.807) is 11.8 Å². The van der Waals surface area contributed by atoms with Crippen molar-refractivity contribution in [2.45, 2.75) is 17.4 Å². The van der Waals surface area contributed by atoms with E-state index in [2.05, 4.69) is 4.72 Å². The summed E-state index contributed by atoms with van der Waals surface area (Å²) in [4.78, 5) is 11.0. The fraction of sp³-hybridized carbons (Fsp3) is 0.364. The van der Waals surface area contributed by atoms with E-state index in [1.165, 1.54) is 18.2 Å². The second-order valence-corrected chi connectivity index (χ2v) is 7.13. The lowest BCUT2D eigenvalue weighted by Crippen LogP contribution is -2.35. The van der Waals surface area contributed by atoms with Crippen molar-refractivity contribution in [1.29, 1.82) is 0 Å². The topological polar surface area (TPSA) is 115 Å². The van der Waals surface area contributed by atoms with Crippen molar-refractivity contribution < 1.29 is 13.2 Å². The number of nitrogen functional groups attached to an aromatic ring is 1. The molecule has 1 aliphatic rings. The van der Waals surface area contributed by atoms with Crippen molar-refractivity contribution in [2.24, 2.45) is 5.73 Å². The number of rotatable bonds is 4. The summed E-state index contributed by atoms with van der Waals surface area (Å²) in [5, 5.41) is 0. The average Bonchev–Trinajstić information content (AvgIpc) is 2.80. The highest BCUT2D eigenvalue weighted by molar-refractivity contribution is 7.99. The van der Waals surface area contributed by atoms with Crippen molar-refractivity contribution in [1.82, 2.24) is 4.72 Å². The molecule has 19 heavy (non-hydrogen) atoms. The molecule has 1 heterocycles. The summed E-state index contributed by atoms with van der Waals surface area (Å²) in [5.74, 6) is 1.07. The third-order valence-electron chi connectivity index (χ3n) is 2.84. The van der Waals surface area contributed by atoms with Gasteiger partial charge in [-0.15, -0.1) is 0 Å². The number of amides is 1. The highest BCUT2D eigenvalue weighted by atomic mass is 32.2. The second kappa shape index (κ2) is 5.40. The first kappa shape index (κ1) is 14.2. The molecular weight excluding hydrogens is 286 g/mol. The molecule has 104 valence electrons. The normalized spacial score (nSPS) is 19.5. The first-order valence-corrected chi connectivity index (χ1v) is 8.33. The van der Waals surface area contributed by atoms with E-state index in [1.807, 2.05) is 0 Å². The third-order valence-corrected chi connectivity index (χ3v) is 5.59. The lowest BCUT2D eigenvalue weighted by Gasteiger charge is -2.13. The average molecular weight is 301 g/mol. The zero-order valence-electron chi connectivity index (χ0n) is 10.1. The molecule has 1 aliphatic heterocycles. The van der Waals surface area contributed by atoms with Crippen molar-refractivity contribution in [3.8, 4) is 0 Å². The predicted molar refractivity (Wildman–Crippen MR) is 75.4 cm³/mol. The summed E-state index contributed by atoms with van der Waals surface area (Å²) < 4.78 is 27.0. The Balaban J connectivity index is 2.27. The van der Waals surface area contributed by atoms with Crippen LogP contribution in [0.2, 0.25) is 0 Å². The van der Waals surface area contributed by atoms with Gasteiger partial charge >= 0.3 is 0 Å². The number of sulfonamides is 1. The Labute approximate surface area is 116 Å². The van der Waals surface area contributed by atoms with Crippen LogP contribution in [-0.4, -0.2) is 31.9 Å². The van der Waals surface area contributed by atoms with Crippen molar-refractivity contribution in [2.75, 3.05) is 17.2 Å². The van der Waals surface area contributed by atoms with Gasteiger partial charge in [-0.25, -0.2) is 13.1 Å². The smallest absolute Gasteiger partial charge is 0.248 e. The number of anilines is 1. The summed E-state index contributed by atoms with van der Waals surface area (Å²) in [6.45, 7) is 0. The third kappa shape index (κ3) is 3.20. The predicted octanol–water partition coefficient (Wildman–Crippen LogP) is 0.152. The van der Waals surface area contributed by atoms with Gasteiger partial charge in [0.25, 0.3) is 0 Å². The molecule has 0 aliphatic carbocycles. The van der Waals surface area contributed by atoms with Crippen LogP contribution in [0.3, 0.4) is 0 Å². The summed E-state index contributed by atoms with van der Waals surface area (Å²) in [6, 6.07) is 3.88. The molecule has 0 saturated carbocycles. The number of hydrogen-bond donors (Lipinski definition) is 3. The van der Waals surface area contributed by atoms with E-state index in [-0.39, 0.29) is 22.2 Å². The molecule has 1 aromatic carbocycles. The lowest BCUT2D eigenvalue weighted by molar-refractivity contribution is 0.1000. The summed E-state index contributed by atoms with van der Waals surface area (Å²) in [5.41, 5.74) is 11.0. The van der Waals surface area contributed by atoms with Gasteiger partial charge in [-0.2, -0.15) is 11.8 Å². The number of nitrogens with two attached hydrogens (primary N) is 2. The van der Waals surface area contributed by atoms with Gasteiger partial charge in [-0.05, 0) is 30.4 Å². The summed E-state index contributed by atoms with van der Waals surface area (Å²) in [7, 11) is -3.66. The molecule has 1 fully saturated rings. The van der Waals surface area contributed by atoms with Gasteiger partial charge in [-0.3, -0.25) is 4.79 Å². The first-order chi connectivity index (χ1) is 8.90. The van der Waals surface area contributed by atoms with E-state index in [9.17, 15) is 13.2 Å². The summed E-state index contributed by atoms with van der Waals surface area (Å²) >= 11 is 1.71. The minimum absolute atomic E-state index is 0.0191.